The van der Waals surface area contributed by atoms with Crippen LogP contribution in [-0.2, 0) is 10.2 Å². The Morgan fingerprint density at radius 2 is 2.08 bits per heavy atom. The van der Waals surface area contributed by atoms with Crippen LogP contribution in [0.25, 0.3) is 0 Å². The van der Waals surface area contributed by atoms with E-state index in [0.717, 1.165) is 12.0 Å². The van der Waals surface area contributed by atoms with Crippen LogP contribution >= 0.6 is 0 Å². The summed E-state index contributed by atoms with van der Waals surface area (Å²) in [6, 6.07) is 9.87. The fourth-order valence-electron chi connectivity index (χ4n) is 1.86. The molecular weight excluding hydrogens is 164 g/mol. The van der Waals surface area contributed by atoms with E-state index in [2.05, 4.69) is 0 Å². The maximum absolute atomic E-state index is 10.8. The lowest BCUT2D eigenvalue weighted by Crippen LogP contribution is -2.10. The molecule has 0 amide bonds. The van der Waals surface area contributed by atoms with Crippen LogP contribution in [0, 0.1) is 5.92 Å². The molecule has 2 heteroatoms. The number of benzene rings is 1. The summed E-state index contributed by atoms with van der Waals surface area (Å²) in [6.45, 7) is 2.02. The third kappa shape index (κ3) is 1.22. The Kier molecular flexibility index (Phi) is 1.65. The quantitative estimate of drug-likeness (QED) is 0.748. The van der Waals surface area contributed by atoms with Crippen LogP contribution < -0.4 is 0 Å². The van der Waals surface area contributed by atoms with Gasteiger partial charge >= 0.3 is 5.97 Å². The van der Waals surface area contributed by atoms with Crippen LogP contribution in [0.3, 0.4) is 0 Å². The minimum Gasteiger partial charge on any atom is -0.481 e. The van der Waals surface area contributed by atoms with Gasteiger partial charge in [-0.1, -0.05) is 37.3 Å². The van der Waals surface area contributed by atoms with Crippen molar-refractivity contribution in [3.8, 4) is 0 Å². The molecule has 0 radical (unpaired) electrons. The molecule has 0 heterocycles. The average molecular weight is 176 g/mol. The van der Waals surface area contributed by atoms with Gasteiger partial charge in [0.1, 0.15) is 0 Å². The van der Waals surface area contributed by atoms with Gasteiger partial charge in [-0.05, 0) is 12.0 Å². The van der Waals surface area contributed by atoms with Gasteiger partial charge in [0, 0.05) is 5.41 Å². The van der Waals surface area contributed by atoms with Gasteiger partial charge in [-0.2, -0.15) is 0 Å². The first kappa shape index (κ1) is 8.30. The van der Waals surface area contributed by atoms with Gasteiger partial charge in [-0.15, -0.1) is 0 Å². The third-order valence-corrected chi connectivity index (χ3v) is 2.97. The fraction of sp³-hybridized carbons (Fsp3) is 0.364. The van der Waals surface area contributed by atoms with Crippen molar-refractivity contribution in [1.82, 2.24) is 0 Å². The standard InChI is InChI=1S/C11H12O2/c1-11(7-9(11)10(12)13)8-5-3-2-4-6-8/h2-6,9H,7H2,1H3,(H,12,13). The molecule has 1 aliphatic rings. The maximum Gasteiger partial charge on any atom is 0.307 e. The van der Waals surface area contributed by atoms with E-state index >= 15 is 0 Å². The number of hydrogen-bond donors (Lipinski definition) is 1. The van der Waals surface area contributed by atoms with Gasteiger partial charge in [0.15, 0.2) is 0 Å². The minimum atomic E-state index is -0.675. The Morgan fingerprint density at radius 3 is 2.54 bits per heavy atom. The number of carboxylic acids is 1. The van der Waals surface area contributed by atoms with Crippen LogP contribution in [0.2, 0.25) is 0 Å². The molecular formula is C11H12O2. The fourth-order valence-corrected chi connectivity index (χ4v) is 1.86. The Hall–Kier alpha value is -1.31. The summed E-state index contributed by atoms with van der Waals surface area (Å²) in [4.78, 5) is 10.8. The van der Waals surface area contributed by atoms with Gasteiger partial charge in [-0.25, -0.2) is 0 Å². The monoisotopic (exact) mass is 176 g/mol. The molecule has 1 aromatic carbocycles. The van der Waals surface area contributed by atoms with Crippen LogP contribution in [0.4, 0.5) is 0 Å². The lowest BCUT2D eigenvalue weighted by atomic mass is 9.96. The first-order valence-electron chi connectivity index (χ1n) is 4.43. The highest BCUT2D eigenvalue weighted by Crippen LogP contribution is 2.53. The molecule has 2 unspecified atom stereocenters. The topological polar surface area (TPSA) is 37.3 Å². The van der Waals surface area contributed by atoms with E-state index in [-0.39, 0.29) is 11.3 Å². The van der Waals surface area contributed by atoms with Crippen molar-refractivity contribution in [3.63, 3.8) is 0 Å². The summed E-state index contributed by atoms with van der Waals surface area (Å²) in [7, 11) is 0. The second-order valence-corrected chi connectivity index (χ2v) is 3.88. The Labute approximate surface area is 77.2 Å². The van der Waals surface area contributed by atoms with E-state index in [1.807, 2.05) is 37.3 Å². The molecule has 1 aromatic rings. The molecule has 68 valence electrons. The number of carboxylic acid groups (broad SMARTS) is 1. The highest BCUT2D eigenvalue weighted by atomic mass is 16.4. The van der Waals surface area contributed by atoms with Crippen molar-refractivity contribution in [3.05, 3.63) is 35.9 Å². The molecule has 0 aliphatic heterocycles. The molecule has 2 atom stereocenters. The zero-order valence-corrected chi connectivity index (χ0v) is 7.53. The minimum absolute atomic E-state index is 0.118. The zero-order chi connectivity index (χ0) is 9.47. The number of hydrogen-bond acceptors (Lipinski definition) is 1. The zero-order valence-electron chi connectivity index (χ0n) is 7.53. The van der Waals surface area contributed by atoms with Gasteiger partial charge in [0.2, 0.25) is 0 Å². The summed E-state index contributed by atoms with van der Waals surface area (Å²) in [5.74, 6) is -0.860. The Bertz CT molecular complexity index is 331. The van der Waals surface area contributed by atoms with E-state index in [4.69, 9.17) is 5.11 Å². The molecule has 1 saturated carbocycles. The van der Waals surface area contributed by atoms with Gasteiger partial charge < -0.3 is 5.11 Å². The normalized spacial score (nSPS) is 31.3. The van der Waals surface area contributed by atoms with E-state index in [1.54, 1.807) is 0 Å². The van der Waals surface area contributed by atoms with E-state index in [9.17, 15) is 4.79 Å². The van der Waals surface area contributed by atoms with E-state index < -0.39 is 5.97 Å². The molecule has 0 spiro atoms. The highest BCUT2D eigenvalue weighted by Gasteiger charge is 2.55. The molecule has 2 nitrogen and oxygen atoms in total. The number of carbonyl (C=O) groups is 1. The summed E-state index contributed by atoms with van der Waals surface area (Å²) in [5, 5.41) is 8.85. The SMILES string of the molecule is CC1(c2ccccc2)CC1C(=O)O. The molecule has 13 heavy (non-hydrogen) atoms. The van der Waals surface area contributed by atoms with Crippen LogP contribution in [0.1, 0.15) is 18.9 Å². The van der Waals surface area contributed by atoms with E-state index in [1.165, 1.54) is 0 Å². The second kappa shape index (κ2) is 2.59. The van der Waals surface area contributed by atoms with Crippen molar-refractivity contribution < 1.29 is 9.90 Å². The van der Waals surface area contributed by atoms with E-state index in [0.29, 0.717) is 0 Å². The van der Waals surface area contributed by atoms with Crippen molar-refractivity contribution in [2.24, 2.45) is 5.92 Å². The maximum atomic E-state index is 10.8. The molecule has 2 rings (SSSR count). The van der Waals surface area contributed by atoms with Crippen molar-refractivity contribution in [1.29, 1.82) is 0 Å². The van der Waals surface area contributed by atoms with Crippen LogP contribution in [0.5, 0.6) is 0 Å². The van der Waals surface area contributed by atoms with Gasteiger partial charge in [0.25, 0.3) is 0 Å². The average Bonchev–Trinajstić information content (AvgIpc) is 2.82. The van der Waals surface area contributed by atoms with Crippen molar-refractivity contribution >= 4 is 5.97 Å². The van der Waals surface area contributed by atoms with Crippen molar-refractivity contribution in [2.45, 2.75) is 18.8 Å². The number of aliphatic carboxylic acids is 1. The number of rotatable bonds is 2. The molecule has 0 saturated heterocycles. The van der Waals surface area contributed by atoms with Crippen molar-refractivity contribution in [2.75, 3.05) is 0 Å². The van der Waals surface area contributed by atoms with Crippen LogP contribution in [0.15, 0.2) is 30.3 Å². The molecule has 1 N–H and O–H groups in total. The highest BCUT2D eigenvalue weighted by molar-refractivity contribution is 5.77. The summed E-state index contributed by atoms with van der Waals surface area (Å²) >= 11 is 0. The summed E-state index contributed by atoms with van der Waals surface area (Å²) < 4.78 is 0. The predicted octanol–water partition coefficient (Wildman–Crippen LogP) is 2.05. The molecule has 1 fully saturated rings. The van der Waals surface area contributed by atoms with Crippen LogP contribution in [-0.4, -0.2) is 11.1 Å². The molecule has 1 aliphatic carbocycles. The Balaban J connectivity index is 2.25. The largest absolute Gasteiger partial charge is 0.481 e. The Morgan fingerprint density at radius 1 is 1.46 bits per heavy atom. The summed E-state index contributed by atoms with van der Waals surface area (Å²) in [5.41, 5.74) is 1.02. The molecule has 0 aromatic heterocycles. The third-order valence-electron chi connectivity index (χ3n) is 2.97. The van der Waals surface area contributed by atoms with Gasteiger partial charge in [0.05, 0.1) is 5.92 Å². The first-order valence-corrected chi connectivity index (χ1v) is 4.43. The summed E-state index contributed by atoms with van der Waals surface area (Å²) in [6.07, 6.45) is 0.770. The lowest BCUT2D eigenvalue weighted by molar-refractivity contribution is -0.138. The van der Waals surface area contributed by atoms with Gasteiger partial charge in [-0.3, -0.25) is 4.79 Å². The predicted molar refractivity (Wildman–Crippen MR) is 49.5 cm³/mol. The smallest absolute Gasteiger partial charge is 0.307 e. The lowest BCUT2D eigenvalue weighted by Gasteiger charge is -2.08. The first-order chi connectivity index (χ1) is 6.14. The molecule has 0 bridgehead atoms. The second-order valence-electron chi connectivity index (χ2n) is 3.88.